The predicted molar refractivity (Wildman–Crippen MR) is 69.1 cm³/mol. The van der Waals surface area contributed by atoms with Crippen LogP contribution in [0, 0.1) is 5.82 Å². The van der Waals surface area contributed by atoms with Crippen molar-refractivity contribution in [3.05, 3.63) is 58.9 Å². The molecule has 0 bridgehead atoms. The van der Waals surface area contributed by atoms with E-state index in [9.17, 15) is 9.50 Å². The van der Waals surface area contributed by atoms with Gasteiger partial charge in [0.15, 0.2) is 0 Å². The van der Waals surface area contributed by atoms with Crippen LogP contribution in [0.3, 0.4) is 0 Å². The fourth-order valence-electron chi connectivity index (χ4n) is 1.39. The highest BCUT2D eigenvalue weighted by molar-refractivity contribution is 7.98. The predicted octanol–water partition coefficient (Wildman–Crippen LogP) is 4.48. The number of hydrogen-bond acceptors (Lipinski definition) is 2. The Morgan fingerprint density at radius 1 is 1.18 bits per heavy atom. The summed E-state index contributed by atoms with van der Waals surface area (Å²) >= 11 is 7.15. The van der Waals surface area contributed by atoms with E-state index in [-0.39, 0.29) is 16.6 Å². The van der Waals surface area contributed by atoms with Crippen molar-refractivity contribution in [3.8, 4) is 5.75 Å². The van der Waals surface area contributed by atoms with Gasteiger partial charge in [-0.1, -0.05) is 29.8 Å². The van der Waals surface area contributed by atoms with E-state index in [2.05, 4.69) is 0 Å². The van der Waals surface area contributed by atoms with E-state index < -0.39 is 0 Å². The summed E-state index contributed by atoms with van der Waals surface area (Å²) in [6.45, 7) is 0. The van der Waals surface area contributed by atoms with Crippen LogP contribution in [0.5, 0.6) is 5.75 Å². The first-order chi connectivity index (χ1) is 8.16. The number of phenolic OH excluding ortho intramolecular Hbond substituents is 1. The van der Waals surface area contributed by atoms with Gasteiger partial charge < -0.3 is 5.11 Å². The van der Waals surface area contributed by atoms with Gasteiger partial charge in [-0.25, -0.2) is 4.39 Å². The second kappa shape index (κ2) is 5.43. The van der Waals surface area contributed by atoms with Crippen molar-refractivity contribution in [2.45, 2.75) is 10.6 Å². The Morgan fingerprint density at radius 2 is 1.94 bits per heavy atom. The fraction of sp³-hybridized carbons (Fsp3) is 0.0769. The van der Waals surface area contributed by atoms with Gasteiger partial charge in [-0.05, 0) is 29.8 Å². The third kappa shape index (κ3) is 3.14. The Labute approximate surface area is 108 Å². The molecule has 0 spiro atoms. The molecule has 2 aromatic carbocycles. The SMILES string of the molecule is Oc1cccc(SCc2cccc(Cl)c2F)c1. The molecule has 0 saturated carbocycles. The van der Waals surface area contributed by atoms with Crippen molar-refractivity contribution in [1.29, 1.82) is 0 Å². The topological polar surface area (TPSA) is 20.2 Å². The molecule has 2 rings (SSSR count). The largest absolute Gasteiger partial charge is 0.508 e. The van der Waals surface area contributed by atoms with Crippen LogP contribution in [-0.4, -0.2) is 5.11 Å². The van der Waals surface area contributed by atoms with Crippen LogP contribution in [0.4, 0.5) is 4.39 Å². The molecule has 0 unspecified atom stereocenters. The first-order valence-electron chi connectivity index (χ1n) is 5.01. The monoisotopic (exact) mass is 268 g/mol. The van der Waals surface area contributed by atoms with Crippen molar-refractivity contribution in [1.82, 2.24) is 0 Å². The molecule has 0 heterocycles. The van der Waals surface area contributed by atoms with Crippen molar-refractivity contribution < 1.29 is 9.50 Å². The number of phenols is 1. The van der Waals surface area contributed by atoms with Gasteiger partial charge in [-0.15, -0.1) is 11.8 Å². The van der Waals surface area contributed by atoms with E-state index >= 15 is 0 Å². The molecule has 1 N–H and O–H groups in total. The van der Waals surface area contributed by atoms with E-state index in [1.165, 1.54) is 17.8 Å². The lowest BCUT2D eigenvalue weighted by Crippen LogP contribution is -1.88. The van der Waals surface area contributed by atoms with Gasteiger partial charge in [0, 0.05) is 10.6 Å². The molecule has 0 aliphatic rings. The minimum Gasteiger partial charge on any atom is -0.508 e. The van der Waals surface area contributed by atoms with Gasteiger partial charge in [0.1, 0.15) is 11.6 Å². The minimum absolute atomic E-state index is 0.138. The van der Waals surface area contributed by atoms with Crippen LogP contribution in [0.1, 0.15) is 5.56 Å². The molecular weight excluding hydrogens is 259 g/mol. The fourth-order valence-corrected chi connectivity index (χ4v) is 2.51. The maximum atomic E-state index is 13.6. The van der Waals surface area contributed by atoms with E-state index in [0.717, 1.165) is 4.90 Å². The first kappa shape index (κ1) is 12.3. The Hall–Kier alpha value is -1.19. The van der Waals surface area contributed by atoms with Crippen molar-refractivity contribution in [2.75, 3.05) is 0 Å². The minimum atomic E-state index is -0.373. The number of halogens is 2. The van der Waals surface area contributed by atoms with E-state index in [1.54, 1.807) is 30.3 Å². The highest BCUT2D eigenvalue weighted by Gasteiger charge is 2.06. The normalized spacial score (nSPS) is 10.5. The zero-order valence-electron chi connectivity index (χ0n) is 8.86. The summed E-state index contributed by atoms with van der Waals surface area (Å²) in [5.74, 6) is 0.318. The third-order valence-corrected chi connectivity index (χ3v) is 3.58. The Balaban J connectivity index is 2.10. The first-order valence-corrected chi connectivity index (χ1v) is 6.38. The van der Waals surface area contributed by atoms with Crippen LogP contribution in [0.25, 0.3) is 0 Å². The Morgan fingerprint density at radius 3 is 2.71 bits per heavy atom. The average molecular weight is 269 g/mol. The molecular formula is C13H10ClFOS. The summed E-state index contributed by atoms with van der Waals surface area (Å²) in [5, 5.41) is 9.44. The van der Waals surface area contributed by atoms with E-state index in [4.69, 9.17) is 11.6 Å². The summed E-state index contributed by atoms with van der Waals surface area (Å²) in [7, 11) is 0. The van der Waals surface area contributed by atoms with Crippen LogP contribution in [0.2, 0.25) is 5.02 Å². The second-order valence-electron chi connectivity index (χ2n) is 3.50. The number of rotatable bonds is 3. The quantitative estimate of drug-likeness (QED) is 0.829. The molecule has 0 radical (unpaired) electrons. The number of thioether (sulfide) groups is 1. The van der Waals surface area contributed by atoms with Crippen molar-refractivity contribution in [2.24, 2.45) is 0 Å². The van der Waals surface area contributed by atoms with Gasteiger partial charge in [0.05, 0.1) is 5.02 Å². The molecule has 0 aliphatic carbocycles. The van der Waals surface area contributed by atoms with Crippen LogP contribution in [-0.2, 0) is 5.75 Å². The molecule has 4 heteroatoms. The lowest BCUT2D eigenvalue weighted by Gasteiger charge is -2.05. The molecule has 0 aliphatic heterocycles. The van der Waals surface area contributed by atoms with Crippen LogP contribution >= 0.6 is 23.4 Å². The molecule has 2 aromatic rings. The van der Waals surface area contributed by atoms with E-state index in [0.29, 0.717) is 11.3 Å². The highest BCUT2D eigenvalue weighted by atomic mass is 35.5. The van der Waals surface area contributed by atoms with Gasteiger partial charge in [0.25, 0.3) is 0 Å². The second-order valence-corrected chi connectivity index (χ2v) is 4.95. The lowest BCUT2D eigenvalue weighted by molar-refractivity contribution is 0.474. The molecule has 88 valence electrons. The zero-order valence-corrected chi connectivity index (χ0v) is 10.4. The number of benzene rings is 2. The summed E-state index contributed by atoms with van der Waals surface area (Å²) in [5.41, 5.74) is 0.561. The van der Waals surface area contributed by atoms with Crippen molar-refractivity contribution >= 4 is 23.4 Å². The lowest BCUT2D eigenvalue weighted by atomic mass is 10.2. The average Bonchev–Trinajstić information content (AvgIpc) is 2.31. The van der Waals surface area contributed by atoms with Gasteiger partial charge in [-0.3, -0.25) is 0 Å². The molecule has 17 heavy (non-hydrogen) atoms. The van der Waals surface area contributed by atoms with E-state index in [1.807, 2.05) is 6.07 Å². The number of aromatic hydroxyl groups is 1. The van der Waals surface area contributed by atoms with Crippen LogP contribution < -0.4 is 0 Å². The van der Waals surface area contributed by atoms with Crippen molar-refractivity contribution in [3.63, 3.8) is 0 Å². The van der Waals surface area contributed by atoms with Crippen LogP contribution in [0.15, 0.2) is 47.4 Å². The molecule has 0 amide bonds. The molecule has 1 nitrogen and oxygen atoms in total. The Kier molecular flexibility index (Phi) is 3.92. The summed E-state index contributed by atoms with van der Waals surface area (Å²) in [6, 6.07) is 11.8. The Bertz CT molecular complexity index is 531. The molecule has 0 aromatic heterocycles. The van der Waals surface area contributed by atoms with Gasteiger partial charge in [-0.2, -0.15) is 0 Å². The molecule has 0 atom stereocenters. The summed E-state index contributed by atoms with van der Waals surface area (Å²) in [6.07, 6.45) is 0. The van der Waals surface area contributed by atoms with Gasteiger partial charge >= 0.3 is 0 Å². The number of hydrogen-bond donors (Lipinski definition) is 1. The maximum absolute atomic E-state index is 13.6. The zero-order chi connectivity index (χ0) is 12.3. The smallest absolute Gasteiger partial charge is 0.145 e. The summed E-state index contributed by atoms with van der Waals surface area (Å²) < 4.78 is 13.6. The molecule has 0 fully saturated rings. The molecule has 0 saturated heterocycles. The third-order valence-electron chi connectivity index (χ3n) is 2.24. The summed E-state index contributed by atoms with van der Waals surface area (Å²) in [4.78, 5) is 0.893. The maximum Gasteiger partial charge on any atom is 0.145 e. The van der Waals surface area contributed by atoms with Gasteiger partial charge in [0.2, 0.25) is 0 Å². The highest BCUT2D eigenvalue weighted by Crippen LogP contribution is 2.28. The standard InChI is InChI=1S/C13H10ClFOS/c14-12-6-1-3-9(13(12)15)8-17-11-5-2-4-10(16)7-11/h1-7,16H,8H2.